The van der Waals surface area contributed by atoms with Crippen molar-refractivity contribution in [2.24, 2.45) is 5.73 Å². The molecule has 0 fully saturated rings. The summed E-state index contributed by atoms with van der Waals surface area (Å²) in [5.74, 6) is 0.885. The van der Waals surface area contributed by atoms with Gasteiger partial charge in [0.15, 0.2) is 17.6 Å². The molecule has 1 amide bonds. The lowest BCUT2D eigenvalue weighted by Gasteiger charge is -2.16. The van der Waals surface area contributed by atoms with Gasteiger partial charge < -0.3 is 20.5 Å². The maximum atomic E-state index is 12.2. The molecule has 5 nitrogen and oxygen atoms in total. The molecule has 2 rings (SSSR count). The van der Waals surface area contributed by atoms with Gasteiger partial charge in [-0.05, 0) is 36.8 Å². The first kappa shape index (κ1) is 15.9. The molecule has 116 valence electrons. The molecule has 1 unspecified atom stereocenters. The first-order valence-electron chi connectivity index (χ1n) is 7.03. The zero-order valence-electron chi connectivity index (χ0n) is 12.7. The summed E-state index contributed by atoms with van der Waals surface area (Å²) in [6, 6.07) is 14.6. The normalized spacial score (nSPS) is 11.6. The first-order valence-corrected chi connectivity index (χ1v) is 7.03. The monoisotopic (exact) mass is 300 g/mol. The van der Waals surface area contributed by atoms with E-state index in [0.29, 0.717) is 23.7 Å². The van der Waals surface area contributed by atoms with Gasteiger partial charge in [-0.25, -0.2) is 0 Å². The highest BCUT2D eigenvalue weighted by Crippen LogP contribution is 2.27. The minimum atomic E-state index is -0.655. The number of nitrogens with two attached hydrogens (primary N) is 1. The highest BCUT2D eigenvalue weighted by Gasteiger charge is 2.16. The van der Waals surface area contributed by atoms with Crippen LogP contribution in [-0.4, -0.2) is 19.1 Å². The minimum Gasteiger partial charge on any atom is -0.493 e. The van der Waals surface area contributed by atoms with Crippen LogP contribution in [0, 0.1) is 0 Å². The molecule has 0 saturated heterocycles. The van der Waals surface area contributed by atoms with Crippen molar-refractivity contribution in [1.82, 2.24) is 0 Å². The topological polar surface area (TPSA) is 73.6 Å². The number of rotatable bonds is 6. The summed E-state index contributed by atoms with van der Waals surface area (Å²) >= 11 is 0. The zero-order valence-corrected chi connectivity index (χ0v) is 12.7. The lowest BCUT2D eigenvalue weighted by Crippen LogP contribution is -2.30. The smallest absolute Gasteiger partial charge is 0.265 e. The van der Waals surface area contributed by atoms with Crippen molar-refractivity contribution in [3.8, 4) is 11.5 Å². The second-order valence-corrected chi connectivity index (χ2v) is 4.80. The van der Waals surface area contributed by atoms with Crippen LogP contribution in [0.15, 0.2) is 48.5 Å². The van der Waals surface area contributed by atoms with Crippen LogP contribution in [0.25, 0.3) is 0 Å². The Morgan fingerprint density at radius 1 is 1.18 bits per heavy atom. The Kier molecular flexibility index (Phi) is 5.38. The Labute approximate surface area is 130 Å². The van der Waals surface area contributed by atoms with Gasteiger partial charge in [0.05, 0.1) is 7.11 Å². The van der Waals surface area contributed by atoms with Crippen LogP contribution in [0.4, 0.5) is 5.69 Å². The van der Waals surface area contributed by atoms with E-state index in [-0.39, 0.29) is 5.91 Å². The highest BCUT2D eigenvalue weighted by molar-refractivity contribution is 5.94. The second-order valence-electron chi connectivity index (χ2n) is 4.80. The highest BCUT2D eigenvalue weighted by atomic mass is 16.5. The Hall–Kier alpha value is -2.53. The van der Waals surface area contributed by atoms with Crippen molar-refractivity contribution in [3.63, 3.8) is 0 Å². The SMILES string of the molecule is COc1ccccc1OC(C)C(=O)Nc1cccc(CN)c1. The number of methoxy groups -OCH3 is 1. The van der Waals surface area contributed by atoms with E-state index in [2.05, 4.69) is 5.32 Å². The van der Waals surface area contributed by atoms with Gasteiger partial charge in [-0.1, -0.05) is 24.3 Å². The average Bonchev–Trinajstić information content (AvgIpc) is 2.55. The van der Waals surface area contributed by atoms with E-state index in [9.17, 15) is 4.79 Å². The molecule has 0 bridgehead atoms. The summed E-state index contributed by atoms with van der Waals surface area (Å²) in [7, 11) is 1.56. The summed E-state index contributed by atoms with van der Waals surface area (Å²) in [5.41, 5.74) is 7.24. The first-order chi connectivity index (χ1) is 10.6. The summed E-state index contributed by atoms with van der Waals surface area (Å²) in [4.78, 5) is 12.2. The van der Waals surface area contributed by atoms with E-state index in [0.717, 1.165) is 5.56 Å². The van der Waals surface area contributed by atoms with Crippen LogP contribution in [-0.2, 0) is 11.3 Å². The lowest BCUT2D eigenvalue weighted by molar-refractivity contribution is -0.122. The van der Waals surface area contributed by atoms with Crippen LogP contribution in [0.3, 0.4) is 0 Å². The molecular formula is C17H20N2O3. The summed E-state index contributed by atoms with van der Waals surface area (Å²) in [5, 5.41) is 2.81. The molecule has 0 aliphatic carbocycles. The van der Waals surface area contributed by atoms with E-state index in [4.69, 9.17) is 15.2 Å². The Balaban J connectivity index is 2.02. The number of carbonyl (C=O) groups excluding carboxylic acids is 1. The van der Waals surface area contributed by atoms with Gasteiger partial charge in [0, 0.05) is 12.2 Å². The maximum absolute atomic E-state index is 12.2. The predicted octanol–water partition coefficient (Wildman–Crippen LogP) is 2.56. The molecule has 2 aromatic carbocycles. The van der Waals surface area contributed by atoms with E-state index in [1.807, 2.05) is 36.4 Å². The number of benzene rings is 2. The standard InChI is InChI=1S/C17H20N2O3/c1-12(22-16-9-4-3-8-15(16)21-2)17(20)19-14-7-5-6-13(10-14)11-18/h3-10,12H,11,18H2,1-2H3,(H,19,20). The predicted molar refractivity (Wildman–Crippen MR) is 86.0 cm³/mol. The average molecular weight is 300 g/mol. The third-order valence-electron chi connectivity index (χ3n) is 3.17. The number of anilines is 1. The number of nitrogens with one attached hydrogen (secondary N) is 1. The van der Waals surface area contributed by atoms with Gasteiger partial charge in [-0.15, -0.1) is 0 Å². The molecule has 2 aromatic rings. The molecule has 0 aliphatic rings. The van der Waals surface area contributed by atoms with Crippen molar-refractivity contribution in [1.29, 1.82) is 0 Å². The fourth-order valence-corrected chi connectivity index (χ4v) is 1.98. The van der Waals surface area contributed by atoms with Crippen molar-refractivity contribution in [2.75, 3.05) is 12.4 Å². The second kappa shape index (κ2) is 7.47. The fraction of sp³-hybridized carbons (Fsp3) is 0.235. The van der Waals surface area contributed by atoms with Crippen molar-refractivity contribution in [2.45, 2.75) is 19.6 Å². The van der Waals surface area contributed by atoms with Crippen molar-refractivity contribution >= 4 is 11.6 Å². The van der Waals surface area contributed by atoms with Gasteiger partial charge in [-0.2, -0.15) is 0 Å². The molecule has 0 heterocycles. The van der Waals surface area contributed by atoms with Crippen LogP contribution < -0.4 is 20.5 Å². The van der Waals surface area contributed by atoms with Crippen LogP contribution >= 0.6 is 0 Å². The molecule has 0 aliphatic heterocycles. The van der Waals surface area contributed by atoms with Gasteiger partial charge in [-0.3, -0.25) is 4.79 Å². The minimum absolute atomic E-state index is 0.236. The van der Waals surface area contributed by atoms with E-state index in [1.165, 1.54) is 0 Å². The molecule has 0 spiro atoms. The Morgan fingerprint density at radius 2 is 1.91 bits per heavy atom. The fourth-order valence-electron chi connectivity index (χ4n) is 1.98. The number of carbonyl (C=O) groups is 1. The third kappa shape index (κ3) is 3.99. The van der Waals surface area contributed by atoms with Crippen molar-refractivity contribution in [3.05, 3.63) is 54.1 Å². The zero-order chi connectivity index (χ0) is 15.9. The van der Waals surface area contributed by atoms with Crippen LogP contribution in [0.5, 0.6) is 11.5 Å². The van der Waals surface area contributed by atoms with E-state index >= 15 is 0 Å². The van der Waals surface area contributed by atoms with Gasteiger partial charge in [0.1, 0.15) is 0 Å². The van der Waals surface area contributed by atoms with Crippen LogP contribution in [0.1, 0.15) is 12.5 Å². The number of amides is 1. The number of ether oxygens (including phenoxy) is 2. The summed E-state index contributed by atoms with van der Waals surface area (Å²) in [6.07, 6.45) is -0.655. The quantitative estimate of drug-likeness (QED) is 0.860. The van der Waals surface area contributed by atoms with Crippen molar-refractivity contribution < 1.29 is 14.3 Å². The van der Waals surface area contributed by atoms with Gasteiger partial charge in [0.25, 0.3) is 5.91 Å². The van der Waals surface area contributed by atoms with Crippen LogP contribution in [0.2, 0.25) is 0 Å². The molecular weight excluding hydrogens is 280 g/mol. The molecule has 0 radical (unpaired) electrons. The molecule has 0 saturated carbocycles. The molecule has 22 heavy (non-hydrogen) atoms. The van der Waals surface area contributed by atoms with E-state index < -0.39 is 6.10 Å². The molecule has 1 atom stereocenters. The lowest BCUT2D eigenvalue weighted by atomic mass is 10.2. The third-order valence-corrected chi connectivity index (χ3v) is 3.17. The molecule has 5 heteroatoms. The van der Waals surface area contributed by atoms with Gasteiger partial charge >= 0.3 is 0 Å². The van der Waals surface area contributed by atoms with Gasteiger partial charge in [0.2, 0.25) is 0 Å². The number of para-hydroxylation sites is 2. The largest absolute Gasteiger partial charge is 0.493 e. The number of hydrogen-bond acceptors (Lipinski definition) is 4. The molecule has 3 N–H and O–H groups in total. The Bertz CT molecular complexity index is 643. The summed E-state index contributed by atoms with van der Waals surface area (Å²) < 4.78 is 10.9. The van der Waals surface area contributed by atoms with E-state index in [1.54, 1.807) is 26.2 Å². The molecule has 0 aromatic heterocycles. The number of hydrogen-bond donors (Lipinski definition) is 2. The summed E-state index contributed by atoms with van der Waals surface area (Å²) in [6.45, 7) is 2.12. The maximum Gasteiger partial charge on any atom is 0.265 e. The Morgan fingerprint density at radius 3 is 2.59 bits per heavy atom.